The third-order valence-corrected chi connectivity index (χ3v) is 18.4. The van der Waals surface area contributed by atoms with Crippen LogP contribution in [0.3, 0.4) is 0 Å². The summed E-state index contributed by atoms with van der Waals surface area (Å²) in [5.41, 5.74) is 6.71. The summed E-state index contributed by atoms with van der Waals surface area (Å²) in [5.74, 6) is 6.10. The Kier molecular flexibility index (Phi) is 2.16. The lowest BCUT2D eigenvalue weighted by Crippen LogP contribution is -2.52. The van der Waals surface area contributed by atoms with Gasteiger partial charge in [-0.05, 0) is 226 Å². The fourth-order valence-corrected chi connectivity index (χ4v) is 16.5. The summed E-state index contributed by atoms with van der Waals surface area (Å²) >= 11 is 14.1. The highest BCUT2D eigenvalue weighted by Gasteiger charge is 2.66. The SMILES string of the molecule is CC1CC1C1C(C)C2c3c(c4c3c3c4c4c3c3c4c4c3c3c4c4c3c3c5c6c7c8c9c%10c%11c%12c(c%11c%10c9c8c7c6c5c43)C%12C(S)(S)S)C21. The first-order valence-corrected chi connectivity index (χ1v) is 19.7. The van der Waals surface area contributed by atoms with Crippen molar-refractivity contribution in [2.24, 2.45) is 23.7 Å². The summed E-state index contributed by atoms with van der Waals surface area (Å²) in [6.45, 7) is 5.07. The molecule has 0 amide bonds. The lowest BCUT2D eigenvalue weighted by atomic mass is 9.39. The Balaban J connectivity index is 0.786. The van der Waals surface area contributed by atoms with Crippen molar-refractivity contribution in [3.05, 3.63) is 22.3 Å². The second-order valence-electron chi connectivity index (χ2n) is 18.4. The predicted octanol–water partition coefficient (Wildman–Crippen LogP) is 13.0. The fraction of sp³-hybridized carbons (Fsp3) is 0.244. The standard InChI is InChI=1S/C45H18S3/c1-4-3-6(4)7-5(2)8-9(7)11-10(8)12-13(11)15-14(12)16-17(15)19-18(16)20-21(19)23-22(20)24-25(23)27-26(24)28-29(27)31-30(28)32-33(31)35-34(32)36-37(35)39-38(36)40-41(39)43-42(40)44(43)45(46,47)48/h4-9,44,46-48H,3H2,1-2H3. The van der Waals surface area contributed by atoms with E-state index in [-0.39, 0.29) is 0 Å². The molecule has 0 radical (unpaired) electrons. The Morgan fingerprint density at radius 1 is 0.375 bits per heavy atom. The highest BCUT2D eigenvalue weighted by molar-refractivity contribution is 8.17. The first kappa shape index (κ1) is 21.0. The molecule has 0 aromatic heterocycles. The summed E-state index contributed by atoms with van der Waals surface area (Å²) in [7, 11) is 0. The highest BCUT2D eigenvalue weighted by Crippen LogP contribution is 2.81. The van der Waals surface area contributed by atoms with Crippen LogP contribution in [0.4, 0.5) is 0 Å². The summed E-state index contributed by atoms with van der Waals surface area (Å²) < 4.78 is -0.541. The molecule has 0 heterocycles. The molecule has 20 rings (SSSR count). The summed E-state index contributed by atoms with van der Waals surface area (Å²) in [6.07, 6.45) is 1.49. The van der Waals surface area contributed by atoms with Crippen molar-refractivity contribution in [1.29, 1.82) is 0 Å². The molecule has 7 unspecified atom stereocenters. The molecule has 0 spiro atoms. The fourth-order valence-electron chi connectivity index (χ4n) is 15.7. The monoisotopic (exact) mass is 654 g/mol. The van der Waals surface area contributed by atoms with Gasteiger partial charge in [-0.15, -0.1) is 0 Å². The summed E-state index contributed by atoms with van der Waals surface area (Å²) in [6, 6.07) is 0. The quantitative estimate of drug-likeness (QED) is 0.0922. The summed E-state index contributed by atoms with van der Waals surface area (Å²) in [5, 5.41) is 49.5. The van der Waals surface area contributed by atoms with Gasteiger partial charge in [0.15, 0.2) is 0 Å². The molecule has 0 bridgehead atoms. The largest absolute Gasteiger partial charge is 0.150 e. The van der Waals surface area contributed by atoms with Crippen molar-refractivity contribution in [2.75, 3.05) is 0 Å². The van der Waals surface area contributed by atoms with Crippen LogP contribution < -0.4 is 0 Å². The van der Waals surface area contributed by atoms with Crippen molar-refractivity contribution in [2.45, 2.75) is 41.4 Å². The van der Waals surface area contributed by atoms with Gasteiger partial charge in [0.25, 0.3) is 0 Å². The van der Waals surface area contributed by atoms with E-state index in [1.165, 1.54) is 17.5 Å². The number of hydrogen-bond donors (Lipinski definition) is 3. The van der Waals surface area contributed by atoms with Crippen molar-refractivity contribution >= 4 is 199 Å². The Morgan fingerprint density at radius 2 is 0.625 bits per heavy atom. The maximum Gasteiger partial charge on any atom is 0.109 e. The average molecular weight is 655 g/mol. The number of hydrogen-bond acceptors (Lipinski definition) is 3. The second-order valence-corrected chi connectivity index (χ2v) is 21.6. The Morgan fingerprint density at radius 3 is 0.896 bits per heavy atom. The molecule has 0 saturated heterocycles. The predicted molar refractivity (Wildman–Crippen MR) is 215 cm³/mol. The van der Waals surface area contributed by atoms with Crippen molar-refractivity contribution in [3.8, 4) is 0 Å². The molecule has 216 valence electrons. The van der Waals surface area contributed by atoms with Crippen molar-refractivity contribution in [1.82, 2.24) is 0 Å². The van der Waals surface area contributed by atoms with Gasteiger partial charge in [0.1, 0.15) is 3.41 Å². The van der Waals surface area contributed by atoms with Crippen LogP contribution >= 0.6 is 37.9 Å². The van der Waals surface area contributed by atoms with E-state index >= 15 is 0 Å². The normalized spacial score (nSPS) is 30.3. The van der Waals surface area contributed by atoms with Crippen LogP contribution in [0.2, 0.25) is 0 Å². The van der Waals surface area contributed by atoms with Gasteiger partial charge in [-0.1, -0.05) is 13.8 Å². The van der Waals surface area contributed by atoms with Crippen molar-refractivity contribution < 1.29 is 0 Å². The van der Waals surface area contributed by atoms with Crippen molar-refractivity contribution in [3.63, 3.8) is 0 Å². The van der Waals surface area contributed by atoms with Crippen LogP contribution in [0.5, 0.6) is 0 Å². The maximum absolute atomic E-state index is 4.69. The molecule has 48 heavy (non-hydrogen) atoms. The zero-order valence-electron chi connectivity index (χ0n) is 25.6. The molecule has 16 aromatic rings. The Hall–Kier alpha value is -3.37. The van der Waals surface area contributed by atoms with Gasteiger partial charge in [-0.2, -0.15) is 37.9 Å². The van der Waals surface area contributed by atoms with Gasteiger partial charge in [0, 0.05) is 5.92 Å². The molecular formula is C45H18S3. The molecule has 16 aromatic carbocycles. The Labute approximate surface area is 285 Å². The lowest BCUT2D eigenvalue weighted by molar-refractivity contribution is 0.0515. The third-order valence-electron chi connectivity index (χ3n) is 17.6. The van der Waals surface area contributed by atoms with Gasteiger partial charge < -0.3 is 0 Å². The summed E-state index contributed by atoms with van der Waals surface area (Å²) in [4.78, 5) is 0. The van der Waals surface area contributed by atoms with Crippen LogP contribution in [-0.2, 0) is 0 Å². The van der Waals surface area contributed by atoms with Crippen LogP contribution in [0.1, 0.15) is 60.3 Å². The topological polar surface area (TPSA) is 0 Å². The number of benzene rings is 15. The van der Waals surface area contributed by atoms with E-state index in [4.69, 9.17) is 0 Å². The van der Waals surface area contributed by atoms with Gasteiger partial charge in [0.2, 0.25) is 0 Å². The van der Waals surface area contributed by atoms with E-state index < -0.39 is 3.41 Å². The molecule has 2 fully saturated rings. The molecule has 3 heteroatoms. The van der Waals surface area contributed by atoms with E-state index in [0.29, 0.717) is 5.92 Å². The average Bonchev–Trinajstić information content (AvgIpc) is 3.87. The highest BCUT2D eigenvalue weighted by atomic mass is 32.2. The van der Waals surface area contributed by atoms with Gasteiger partial charge in [-0.3, -0.25) is 0 Å². The van der Waals surface area contributed by atoms with Gasteiger partial charge in [0.05, 0.1) is 0 Å². The minimum Gasteiger partial charge on any atom is -0.150 e. The zero-order valence-corrected chi connectivity index (χ0v) is 28.3. The van der Waals surface area contributed by atoms with Gasteiger partial charge >= 0.3 is 0 Å². The van der Waals surface area contributed by atoms with Crippen LogP contribution in [-0.4, -0.2) is 3.41 Å². The number of fused-ring (bicyclic) bond motifs is 52. The number of thiol groups is 3. The van der Waals surface area contributed by atoms with Gasteiger partial charge in [-0.25, -0.2) is 0 Å². The molecule has 7 atom stereocenters. The number of rotatable bonds is 2. The van der Waals surface area contributed by atoms with E-state index in [2.05, 4.69) is 51.7 Å². The second kappa shape index (κ2) is 4.94. The smallest absolute Gasteiger partial charge is 0.109 e. The molecular weight excluding hydrogens is 637 g/mol. The molecule has 4 aliphatic carbocycles. The molecule has 0 N–H and O–H groups in total. The van der Waals surface area contributed by atoms with Crippen LogP contribution in [0.15, 0.2) is 0 Å². The van der Waals surface area contributed by atoms with E-state index in [9.17, 15) is 0 Å². The molecule has 0 nitrogen and oxygen atoms in total. The minimum atomic E-state index is -0.541. The van der Waals surface area contributed by atoms with Crippen LogP contribution in [0.25, 0.3) is 162 Å². The molecule has 2 saturated carbocycles. The minimum absolute atomic E-state index is 0.327. The maximum atomic E-state index is 4.69. The van der Waals surface area contributed by atoms with E-state index in [1.807, 2.05) is 11.1 Å². The van der Waals surface area contributed by atoms with E-state index in [1.54, 1.807) is 162 Å². The van der Waals surface area contributed by atoms with E-state index in [0.717, 1.165) is 35.5 Å². The van der Waals surface area contributed by atoms with Crippen LogP contribution in [0, 0.1) is 23.7 Å². The zero-order chi connectivity index (χ0) is 29.9. The lowest BCUT2D eigenvalue weighted by Gasteiger charge is -2.64. The third kappa shape index (κ3) is 1.30. The first-order valence-electron chi connectivity index (χ1n) is 18.3. The molecule has 0 aliphatic heterocycles. The molecule has 4 aliphatic rings. The first-order chi connectivity index (χ1) is 23.4. The Bertz CT molecular complexity index is 4140.